The van der Waals surface area contributed by atoms with E-state index in [0.29, 0.717) is 63.3 Å². The van der Waals surface area contributed by atoms with E-state index in [1.165, 1.54) is 17.2 Å². The molecule has 1 N–H and O–H groups in total. The molecule has 0 unspecified atom stereocenters. The van der Waals surface area contributed by atoms with Gasteiger partial charge in [-0.1, -0.05) is 6.92 Å². The summed E-state index contributed by atoms with van der Waals surface area (Å²) in [6.07, 6.45) is -13.8. The molecule has 20 heteroatoms. The molecule has 0 aliphatic carbocycles. The molecule has 2 fully saturated rings. The monoisotopic (exact) mass is 874 g/mol. The van der Waals surface area contributed by atoms with Crippen molar-refractivity contribution in [1.29, 1.82) is 0 Å². The van der Waals surface area contributed by atoms with E-state index in [2.05, 4.69) is 15.3 Å². The quantitative estimate of drug-likeness (QED) is 0.221. The topological polar surface area (TPSA) is 109 Å². The molecular formula is C41H47F9N6O5. The molecule has 61 heavy (non-hydrogen) atoms. The molecule has 1 aromatic heterocycles. The fraction of sp³-hybridized carbons (Fsp3) is 0.561. The Morgan fingerprint density at radius 1 is 0.820 bits per heavy atom. The molecule has 11 nitrogen and oxygen atoms in total. The fourth-order valence-corrected chi connectivity index (χ4v) is 7.68. The van der Waals surface area contributed by atoms with Gasteiger partial charge < -0.3 is 29.3 Å². The summed E-state index contributed by atoms with van der Waals surface area (Å²) < 4.78 is 142. The smallest absolute Gasteiger partial charge is 0.416 e. The molecule has 2 atom stereocenters. The predicted octanol–water partition coefficient (Wildman–Crippen LogP) is 9.89. The molecule has 2 aromatic carbocycles. The number of likely N-dealkylation sites (tertiary alicyclic amines) is 1. The van der Waals surface area contributed by atoms with Crippen LogP contribution in [0.25, 0.3) is 0 Å². The Labute approximate surface area is 346 Å². The van der Waals surface area contributed by atoms with E-state index < -0.39 is 71.5 Å². The summed E-state index contributed by atoms with van der Waals surface area (Å²) in [5.41, 5.74) is -4.35. The lowest BCUT2D eigenvalue weighted by Crippen LogP contribution is -2.47. The lowest BCUT2D eigenvalue weighted by atomic mass is 9.89. The van der Waals surface area contributed by atoms with E-state index in [1.807, 2.05) is 0 Å². The van der Waals surface area contributed by atoms with Crippen molar-refractivity contribution < 1.29 is 63.3 Å². The van der Waals surface area contributed by atoms with Crippen molar-refractivity contribution in [3.05, 3.63) is 76.1 Å². The second-order valence-electron chi connectivity index (χ2n) is 16.3. The Bertz CT molecular complexity index is 2010. The Morgan fingerprint density at radius 3 is 2.02 bits per heavy atom. The number of alkyl halides is 9. The number of hydrogen-bond donors (Lipinski definition) is 1. The lowest BCUT2D eigenvalue weighted by Gasteiger charge is -2.41. The van der Waals surface area contributed by atoms with E-state index in [0.717, 1.165) is 12.1 Å². The first-order valence-electron chi connectivity index (χ1n) is 19.9. The van der Waals surface area contributed by atoms with E-state index >= 15 is 0 Å². The molecular weight excluding hydrogens is 827 g/mol. The Balaban J connectivity index is 1.28. The van der Waals surface area contributed by atoms with Crippen molar-refractivity contribution in [3.8, 4) is 0 Å². The minimum Gasteiger partial charge on any atom is -0.449 e. The number of aromatic nitrogens is 2. The highest BCUT2D eigenvalue weighted by molar-refractivity contribution is 5.90. The molecule has 0 saturated carbocycles. The zero-order valence-corrected chi connectivity index (χ0v) is 33.9. The number of rotatable bonds is 8. The molecule has 334 valence electrons. The standard InChI is InChI=1S/C41H47F9N6O5/c1-5-29-21-31(30-20-26(39(42,43)44)6-7-33(30)56(29)37(58)60-23-24-8-10-55(11-9-24)36(57)61-38(2,3)4)52-35-51-22-34(54-12-14-59-15-13-54)32(53-35)18-25-16-27(40(45,46)47)19-28(17-25)41(48,49)50/h6-7,16-17,19-20,22,24,29,31H,5,8-15,18,21,23H2,1-4H3,(H,51,52,53)/t29-,31+/m1/s1. The molecule has 0 bridgehead atoms. The summed E-state index contributed by atoms with van der Waals surface area (Å²) in [7, 11) is 0. The van der Waals surface area contributed by atoms with Gasteiger partial charge in [0.1, 0.15) is 5.60 Å². The number of anilines is 3. The second kappa shape index (κ2) is 17.8. The molecule has 4 heterocycles. The van der Waals surface area contributed by atoms with Crippen molar-refractivity contribution in [2.45, 2.75) is 96.0 Å². The fourth-order valence-electron chi connectivity index (χ4n) is 7.68. The number of hydrogen-bond acceptors (Lipinski definition) is 9. The van der Waals surface area contributed by atoms with Crippen LogP contribution in [-0.2, 0) is 39.2 Å². The van der Waals surface area contributed by atoms with Crippen molar-refractivity contribution in [2.75, 3.05) is 61.1 Å². The third-order valence-electron chi connectivity index (χ3n) is 10.8. The number of ether oxygens (including phenoxy) is 3. The highest BCUT2D eigenvalue weighted by atomic mass is 19.4. The number of fused-ring (bicyclic) bond motifs is 1. The predicted molar refractivity (Wildman–Crippen MR) is 205 cm³/mol. The average molecular weight is 875 g/mol. The molecule has 3 aromatic rings. The number of benzene rings is 2. The highest BCUT2D eigenvalue weighted by Gasteiger charge is 2.41. The number of nitrogens with zero attached hydrogens (tertiary/aromatic N) is 5. The van der Waals surface area contributed by atoms with Gasteiger partial charge in [-0.25, -0.2) is 19.6 Å². The second-order valence-corrected chi connectivity index (χ2v) is 16.3. The SMILES string of the molecule is CC[C@@H]1C[C@H](Nc2ncc(N3CCOCC3)c(Cc3cc(C(F)(F)F)cc(C(F)(F)F)c3)n2)c2cc(C(F)(F)F)ccc2N1C(=O)OCC1CCN(C(=O)OC(C)(C)C)CC1. The van der Waals surface area contributed by atoms with Gasteiger partial charge in [-0.05, 0) is 99.9 Å². The number of carbonyl (C=O) groups is 2. The zero-order valence-electron chi connectivity index (χ0n) is 33.9. The van der Waals surface area contributed by atoms with Gasteiger partial charge in [-0.15, -0.1) is 0 Å². The van der Waals surface area contributed by atoms with Gasteiger partial charge in [-0.2, -0.15) is 39.5 Å². The number of nitrogens with one attached hydrogen (secondary N) is 1. The summed E-state index contributed by atoms with van der Waals surface area (Å²) >= 11 is 0. The first-order chi connectivity index (χ1) is 28.5. The number of morpholine rings is 1. The van der Waals surface area contributed by atoms with Gasteiger partial charge in [0, 0.05) is 38.6 Å². The third kappa shape index (κ3) is 11.3. The Morgan fingerprint density at radius 2 is 1.44 bits per heavy atom. The number of halogens is 9. The van der Waals surface area contributed by atoms with Crippen molar-refractivity contribution in [3.63, 3.8) is 0 Å². The maximum Gasteiger partial charge on any atom is 0.416 e. The van der Waals surface area contributed by atoms with Crippen LogP contribution in [0, 0.1) is 5.92 Å². The van der Waals surface area contributed by atoms with Crippen LogP contribution in [0.15, 0.2) is 42.6 Å². The Hall–Kier alpha value is -5.01. The maximum absolute atomic E-state index is 14.1. The van der Waals surface area contributed by atoms with Gasteiger partial charge >= 0.3 is 30.7 Å². The lowest BCUT2D eigenvalue weighted by molar-refractivity contribution is -0.143. The molecule has 2 saturated heterocycles. The van der Waals surface area contributed by atoms with Crippen LogP contribution in [0.5, 0.6) is 0 Å². The first-order valence-corrected chi connectivity index (χ1v) is 19.9. The molecule has 2 amide bonds. The molecule has 3 aliphatic heterocycles. The minimum absolute atomic E-state index is 0.00796. The molecule has 3 aliphatic rings. The van der Waals surface area contributed by atoms with E-state index in [4.69, 9.17) is 14.2 Å². The van der Waals surface area contributed by atoms with Crippen LogP contribution in [0.4, 0.5) is 66.4 Å². The first kappa shape index (κ1) is 45.5. The average Bonchev–Trinajstić information content (AvgIpc) is 3.18. The van der Waals surface area contributed by atoms with E-state index in [-0.39, 0.29) is 66.7 Å². The van der Waals surface area contributed by atoms with Gasteiger partial charge in [0.05, 0.1) is 65.8 Å². The largest absolute Gasteiger partial charge is 0.449 e. The molecule has 0 spiro atoms. The van der Waals surface area contributed by atoms with Crippen molar-refractivity contribution in [2.24, 2.45) is 5.92 Å². The van der Waals surface area contributed by atoms with E-state index in [1.54, 1.807) is 37.5 Å². The van der Waals surface area contributed by atoms with Crippen molar-refractivity contribution in [1.82, 2.24) is 14.9 Å². The van der Waals surface area contributed by atoms with Gasteiger partial charge in [0.15, 0.2) is 0 Å². The van der Waals surface area contributed by atoms with Crippen LogP contribution in [0.3, 0.4) is 0 Å². The van der Waals surface area contributed by atoms with Gasteiger partial charge in [0.2, 0.25) is 5.95 Å². The van der Waals surface area contributed by atoms with Crippen LogP contribution >= 0.6 is 0 Å². The normalized spacial score (nSPS) is 19.4. The van der Waals surface area contributed by atoms with E-state index in [9.17, 15) is 49.1 Å². The molecule has 6 rings (SSSR count). The summed E-state index contributed by atoms with van der Waals surface area (Å²) in [6.45, 7) is 9.10. The minimum atomic E-state index is -5.08. The van der Waals surface area contributed by atoms with Crippen LogP contribution in [0.2, 0.25) is 0 Å². The summed E-state index contributed by atoms with van der Waals surface area (Å²) in [4.78, 5) is 40.0. The Kier molecular flexibility index (Phi) is 13.3. The van der Waals surface area contributed by atoms with Crippen molar-refractivity contribution >= 4 is 29.5 Å². The summed E-state index contributed by atoms with van der Waals surface area (Å²) in [5, 5.41) is 3.06. The van der Waals surface area contributed by atoms with Gasteiger partial charge in [-0.3, -0.25) is 4.90 Å². The van der Waals surface area contributed by atoms with Gasteiger partial charge in [0.25, 0.3) is 0 Å². The number of amides is 2. The van der Waals surface area contributed by atoms with Crippen LogP contribution in [0.1, 0.15) is 92.9 Å². The maximum atomic E-state index is 14.1. The summed E-state index contributed by atoms with van der Waals surface area (Å²) in [6, 6.07) is 2.71. The van der Waals surface area contributed by atoms with Crippen LogP contribution < -0.4 is 15.1 Å². The molecule has 0 radical (unpaired) electrons. The van der Waals surface area contributed by atoms with Crippen LogP contribution in [-0.4, -0.2) is 84.7 Å². The third-order valence-corrected chi connectivity index (χ3v) is 10.8. The zero-order chi connectivity index (χ0) is 44.5. The highest BCUT2D eigenvalue weighted by Crippen LogP contribution is 2.44. The summed E-state index contributed by atoms with van der Waals surface area (Å²) in [5.74, 6) is -0.233. The number of carbonyl (C=O) groups excluding carboxylic acids is 2. The number of piperidine rings is 1.